The van der Waals surface area contributed by atoms with E-state index in [-0.39, 0.29) is 10.7 Å². The van der Waals surface area contributed by atoms with Gasteiger partial charge in [-0.3, -0.25) is 0 Å². The van der Waals surface area contributed by atoms with Crippen molar-refractivity contribution in [2.75, 3.05) is 11.6 Å². The minimum absolute atomic E-state index is 0.261. The smallest absolute Gasteiger partial charge is 0.188 e. The Balaban J connectivity index is 1.79. The van der Waals surface area contributed by atoms with Crippen molar-refractivity contribution in [3.8, 4) is 21.7 Å². The number of para-hydroxylation sites is 1. The number of anilines is 2. The van der Waals surface area contributed by atoms with E-state index < -0.39 is 9.84 Å². The van der Waals surface area contributed by atoms with Crippen molar-refractivity contribution in [2.24, 2.45) is 0 Å². The first-order valence-electron chi connectivity index (χ1n) is 8.79. The number of sulfone groups is 1. The van der Waals surface area contributed by atoms with E-state index >= 15 is 0 Å². The highest BCUT2D eigenvalue weighted by Crippen LogP contribution is 2.40. The monoisotopic (exact) mass is 424 g/mol. The van der Waals surface area contributed by atoms with Gasteiger partial charge in [0.05, 0.1) is 15.5 Å². The lowest BCUT2D eigenvalue weighted by Gasteiger charge is -2.04. The van der Waals surface area contributed by atoms with Crippen LogP contribution in [0.3, 0.4) is 0 Å². The molecular weight excluding hydrogens is 407 g/mol. The number of rotatable bonds is 5. The summed E-state index contributed by atoms with van der Waals surface area (Å²) in [5.74, 6) is -0.314. The van der Waals surface area contributed by atoms with Crippen LogP contribution < -0.4 is 5.32 Å². The molecule has 4 rings (SSSR count). The maximum absolute atomic E-state index is 13.4. The lowest BCUT2D eigenvalue weighted by atomic mass is 10.1. The lowest BCUT2D eigenvalue weighted by molar-refractivity contribution is 0.602. The molecule has 29 heavy (non-hydrogen) atoms. The summed E-state index contributed by atoms with van der Waals surface area (Å²) < 4.78 is 36.9. The second kappa shape index (κ2) is 7.77. The first-order chi connectivity index (χ1) is 13.9. The van der Waals surface area contributed by atoms with E-state index in [2.05, 4.69) is 5.32 Å². The second-order valence-corrected chi connectivity index (χ2v) is 9.51. The molecule has 7 heteroatoms. The first kappa shape index (κ1) is 19.3. The van der Waals surface area contributed by atoms with Crippen LogP contribution in [0, 0.1) is 5.82 Å². The molecule has 0 bridgehead atoms. The summed E-state index contributed by atoms with van der Waals surface area (Å²) >= 11 is 1.45. The van der Waals surface area contributed by atoms with E-state index in [1.54, 1.807) is 36.4 Å². The summed E-state index contributed by atoms with van der Waals surface area (Å²) in [6.45, 7) is 0. The van der Waals surface area contributed by atoms with Crippen molar-refractivity contribution in [2.45, 2.75) is 4.90 Å². The number of halogens is 1. The standard InChI is InChI=1S/C22H17FN2O2S2/c1-29(26,27)19-13-9-16(10-14-19)21-20(15-7-11-17(23)12-8-15)25-22(28-21)24-18-5-3-2-4-6-18/h2-14H,1H3,(H,24,25). The number of nitrogens with one attached hydrogen (secondary N) is 1. The number of nitrogens with zero attached hydrogens (tertiary/aromatic N) is 1. The van der Waals surface area contributed by atoms with E-state index in [0.29, 0.717) is 10.8 Å². The normalized spacial score (nSPS) is 11.4. The molecule has 0 spiro atoms. The molecule has 146 valence electrons. The predicted molar refractivity (Wildman–Crippen MR) is 116 cm³/mol. The quantitative estimate of drug-likeness (QED) is 0.442. The summed E-state index contributed by atoms with van der Waals surface area (Å²) in [5, 5.41) is 3.98. The van der Waals surface area contributed by atoms with Crippen LogP contribution >= 0.6 is 11.3 Å². The van der Waals surface area contributed by atoms with Gasteiger partial charge in [0.25, 0.3) is 0 Å². The second-order valence-electron chi connectivity index (χ2n) is 6.49. The number of hydrogen-bond donors (Lipinski definition) is 1. The fourth-order valence-electron chi connectivity index (χ4n) is 2.87. The van der Waals surface area contributed by atoms with Crippen LogP contribution in [-0.4, -0.2) is 19.7 Å². The largest absolute Gasteiger partial charge is 0.332 e. The highest BCUT2D eigenvalue weighted by atomic mass is 32.2. The minimum atomic E-state index is -3.27. The van der Waals surface area contributed by atoms with E-state index in [9.17, 15) is 12.8 Å². The predicted octanol–water partition coefficient (Wildman–Crippen LogP) is 5.76. The average molecular weight is 425 g/mol. The molecule has 1 aromatic heterocycles. The SMILES string of the molecule is CS(=O)(=O)c1ccc(-c2sc(Nc3ccccc3)nc2-c2ccc(F)cc2)cc1. The summed E-state index contributed by atoms with van der Waals surface area (Å²) in [6.07, 6.45) is 1.18. The van der Waals surface area contributed by atoms with Gasteiger partial charge in [-0.25, -0.2) is 17.8 Å². The zero-order valence-corrected chi connectivity index (χ0v) is 17.1. The summed E-state index contributed by atoms with van der Waals surface area (Å²) in [7, 11) is -3.27. The Labute approximate surface area is 172 Å². The Morgan fingerprint density at radius 2 is 1.48 bits per heavy atom. The Kier molecular flexibility index (Phi) is 5.17. The van der Waals surface area contributed by atoms with Crippen LogP contribution in [0.15, 0.2) is 83.8 Å². The third-order valence-electron chi connectivity index (χ3n) is 4.31. The molecular formula is C22H17FN2O2S2. The fourth-order valence-corrected chi connectivity index (χ4v) is 4.51. The van der Waals surface area contributed by atoms with Crippen molar-refractivity contribution < 1.29 is 12.8 Å². The Morgan fingerprint density at radius 1 is 0.862 bits per heavy atom. The number of thiazole rings is 1. The summed E-state index contributed by atoms with van der Waals surface area (Å²) in [4.78, 5) is 5.85. The van der Waals surface area contributed by atoms with Gasteiger partial charge < -0.3 is 5.32 Å². The molecule has 0 saturated carbocycles. The van der Waals surface area contributed by atoms with Crippen LogP contribution in [0.1, 0.15) is 0 Å². The Bertz CT molecular complexity index is 1230. The molecule has 4 aromatic rings. The van der Waals surface area contributed by atoms with Gasteiger partial charge in [-0.05, 0) is 54.1 Å². The highest BCUT2D eigenvalue weighted by molar-refractivity contribution is 7.90. The molecule has 1 N–H and O–H groups in total. The number of benzene rings is 3. The molecule has 1 heterocycles. The number of aromatic nitrogens is 1. The van der Waals surface area contributed by atoms with E-state index in [0.717, 1.165) is 21.7 Å². The first-order valence-corrected chi connectivity index (χ1v) is 11.5. The van der Waals surface area contributed by atoms with Gasteiger partial charge in [0.1, 0.15) is 5.82 Å². The van der Waals surface area contributed by atoms with Gasteiger partial charge in [-0.2, -0.15) is 0 Å². The van der Waals surface area contributed by atoms with Gasteiger partial charge in [0, 0.05) is 17.5 Å². The van der Waals surface area contributed by atoms with Gasteiger partial charge >= 0.3 is 0 Å². The Morgan fingerprint density at radius 3 is 2.10 bits per heavy atom. The molecule has 0 radical (unpaired) electrons. The minimum Gasteiger partial charge on any atom is -0.332 e. The molecule has 4 nitrogen and oxygen atoms in total. The molecule has 0 atom stereocenters. The van der Waals surface area contributed by atoms with E-state index in [1.807, 2.05) is 30.3 Å². The van der Waals surface area contributed by atoms with Crippen molar-refractivity contribution in [1.29, 1.82) is 0 Å². The molecule has 0 fully saturated rings. The van der Waals surface area contributed by atoms with Gasteiger partial charge in [-0.1, -0.05) is 41.7 Å². The highest BCUT2D eigenvalue weighted by Gasteiger charge is 2.16. The fraction of sp³-hybridized carbons (Fsp3) is 0.0455. The lowest BCUT2D eigenvalue weighted by Crippen LogP contribution is -1.96. The van der Waals surface area contributed by atoms with Crippen molar-refractivity contribution in [1.82, 2.24) is 4.98 Å². The van der Waals surface area contributed by atoms with Crippen LogP contribution in [0.5, 0.6) is 0 Å². The third-order valence-corrected chi connectivity index (χ3v) is 6.46. The van der Waals surface area contributed by atoms with Gasteiger partial charge in [0.15, 0.2) is 15.0 Å². The molecule has 0 amide bonds. The molecule has 3 aromatic carbocycles. The van der Waals surface area contributed by atoms with Crippen molar-refractivity contribution in [3.63, 3.8) is 0 Å². The van der Waals surface area contributed by atoms with E-state index in [4.69, 9.17) is 4.98 Å². The summed E-state index contributed by atoms with van der Waals surface area (Å²) in [5.41, 5.74) is 3.24. The molecule has 0 aliphatic carbocycles. The maximum atomic E-state index is 13.4. The zero-order valence-electron chi connectivity index (χ0n) is 15.5. The van der Waals surface area contributed by atoms with Crippen LogP contribution in [0.25, 0.3) is 21.7 Å². The molecule has 0 aliphatic rings. The van der Waals surface area contributed by atoms with Gasteiger partial charge in [-0.15, -0.1) is 0 Å². The van der Waals surface area contributed by atoms with Crippen LogP contribution in [-0.2, 0) is 9.84 Å². The van der Waals surface area contributed by atoms with Gasteiger partial charge in [0.2, 0.25) is 0 Å². The van der Waals surface area contributed by atoms with Crippen molar-refractivity contribution >= 4 is 32.0 Å². The maximum Gasteiger partial charge on any atom is 0.188 e. The Hall–Kier alpha value is -3.03. The van der Waals surface area contributed by atoms with Crippen LogP contribution in [0.2, 0.25) is 0 Å². The molecule has 0 unspecified atom stereocenters. The van der Waals surface area contributed by atoms with Crippen molar-refractivity contribution in [3.05, 3.63) is 84.7 Å². The van der Waals surface area contributed by atoms with E-state index in [1.165, 1.54) is 29.7 Å². The average Bonchev–Trinajstić information content (AvgIpc) is 3.12. The third kappa shape index (κ3) is 4.36. The number of hydrogen-bond acceptors (Lipinski definition) is 5. The molecule has 0 saturated heterocycles. The topological polar surface area (TPSA) is 59.1 Å². The zero-order chi connectivity index (χ0) is 20.4. The summed E-state index contributed by atoms with van der Waals surface area (Å²) in [6, 6.07) is 22.6. The van der Waals surface area contributed by atoms with Crippen LogP contribution in [0.4, 0.5) is 15.2 Å². The molecule has 0 aliphatic heterocycles.